The zero-order valence-electron chi connectivity index (χ0n) is 13.6. The van der Waals surface area contributed by atoms with Gasteiger partial charge in [0.25, 0.3) is 5.91 Å². The van der Waals surface area contributed by atoms with Crippen LogP contribution in [0.25, 0.3) is 0 Å². The predicted octanol–water partition coefficient (Wildman–Crippen LogP) is 3.16. The Morgan fingerprint density at radius 2 is 2.15 bits per heavy atom. The van der Waals surface area contributed by atoms with Crippen molar-refractivity contribution in [2.24, 2.45) is 0 Å². The van der Waals surface area contributed by atoms with Gasteiger partial charge in [-0.25, -0.2) is 0 Å². The van der Waals surface area contributed by atoms with Gasteiger partial charge in [0.15, 0.2) is 15.5 Å². The number of hydrogen-bond donors (Lipinski definition) is 2. The Labute approximate surface area is 158 Å². The summed E-state index contributed by atoms with van der Waals surface area (Å²) in [5, 5.41) is 2.86. The first-order valence-corrected chi connectivity index (χ1v) is 9.02. The molecule has 3 heterocycles. The summed E-state index contributed by atoms with van der Waals surface area (Å²) in [7, 11) is 0. The third-order valence-corrected chi connectivity index (χ3v) is 5.39. The normalized spacial score (nSPS) is 12.3. The molecule has 0 unspecified atom stereocenters. The minimum Gasteiger partial charge on any atom is -0.467 e. The van der Waals surface area contributed by atoms with Crippen LogP contribution in [-0.4, -0.2) is 17.3 Å². The van der Waals surface area contributed by atoms with Crippen LogP contribution in [-0.2, 0) is 13.1 Å². The molecule has 4 rings (SSSR count). The van der Waals surface area contributed by atoms with Crippen LogP contribution in [0, 0.1) is 3.95 Å². The number of benzene rings is 1. The first kappa shape index (κ1) is 16.7. The molecule has 134 valence electrons. The lowest BCUT2D eigenvalue weighted by atomic mass is 10.2. The maximum atomic E-state index is 12.5. The summed E-state index contributed by atoms with van der Waals surface area (Å²) in [6, 6.07) is 9.16. The van der Waals surface area contributed by atoms with Crippen LogP contribution in [0.2, 0.25) is 0 Å². The highest BCUT2D eigenvalue weighted by molar-refractivity contribution is 7.73. The van der Waals surface area contributed by atoms with Crippen molar-refractivity contribution in [3.05, 3.63) is 56.8 Å². The van der Waals surface area contributed by atoms with E-state index in [1.165, 1.54) is 11.3 Å². The highest BCUT2D eigenvalue weighted by atomic mass is 32.1. The minimum absolute atomic E-state index is 0.216. The first-order chi connectivity index (χ1) is 12.6. The van der Waals surface area contributed by atoms with Crippen LogP contribution in [0.4, 0.5) is 5.82 Å². The molecule has 0 fully saturated rings. The first-order valence-electron chi connectivity index (χ1n) is 7.80. The summed E-state index contributed by atoms with van der Waals surface area (Å²) >= 11 is 6.51. The molecule has 1 aromatic carbocycles. The standard InChI is InChI=1S/C17H15N3O4S2/c18-15-14(26-17(25)20(15)8-11-2-1-5-22-11)16(21)19-7-10-3-4-12-13(6-10)24-9-23-12/h1-6H,7-9,18H2,(H,19,21). The van der Waals surface area contributed by atoms with Gasteiger partial charge in [0.05, 0.1) is 12.8 Å². The maximum absolute atomic E-state index is 12.5. The van der Waals surface area contributed by atoms with E-state index in [-0.39, 0.29) is 12.7 Å². The molecule has 3 aromatic rings. The average molecular weight is 389 g/mol. The molecule has 0 saturated carbocycles. The second-order valence-electron chi connectivity index (χ2n) is 5.62. The number of rotatable bonds is 5. The average Bonchev–Trinajstić information content (AvgIpc) is 3.36. The molecule has 0 atom stereocenters. The van der Waals surface area contributed by atoms with E-state index in [2.05, 4.69) is 5.32 Å². The number of thiazole rings is 1. The summed E-state index contributed by atoms with van der Waals surface area (Å²) in [5.41, 5.74) is 7.03. The lowest BCUT2D eigenvalue weighted by Crippen LogP contribution is -2.23. The van der Waals surface area contributed by atoms with Gasteiger partial charge in [-0.1, -0.05) is 17.4 Å². The number of carbonyl (C=O) groups excluding carboxylic acids is 1. The Morgan fingerprint density at radius 1 is 1.31 bits per heavy atom. The van der Waals surface area contributed by atoms with Crippen LogP contribution in [0.3, 0.4) is 0 Å². The van der Waals surface area contributed by atoms with Crippen LogP contribution in [0.5, 0.6) is 11.5 Å². The van der Waals surface area contributed by atoms with Crippen molar-refractivity contribution in [2.45, 2.75) is 13.1 Å². The predicted molar refractivity (Wildman–Crippen MR) is 99.1 cm³/mol. The summed E-state index contributed by atoms with van der Waals surface area (Å²) in [6.07, 6.45) is 1.58. The molecule has 1 aliphatic heterocycles. The topological polar surface area (TPSA) is 91.7 Å². The molecule has 9 heteroatoms. The number of ether oxygens (including phenoxy) is 2. The molecule has 0 saturated heterocycles. The van der Waals surface area contributed by atoms with Gasteiger partial charge in [-0.15, -0.1) is 0 Å². The molecule has 3 N–H and O–H groups in total. The third kappa shape index (κ3) is 3.18. The number of aromatic nitrogens is 1. The lowest BCUT2D eigenvalue weighted by molar-refractivity contribution is 0.0955. The zero-order chi connectivity index (χ0) is 18.1. The number of anilines is 1. The van der Waals surface area contributed by atoms with E-state index in [9.17, 15) is 4.79 Å². The Kier molecular flexibility index (Phi) is 4.39. The van der Waals surface area contributed by atoms with Crippen LogP contribution < -0.4 is 20.5 Å². The molecule has 2 aromatic heterocycles. The lowest BCUT2D eigenvalue weighted by Gasteiger charge is -2.07. The van der Waals surface area contributed by atoms with Gasteiger partial charge >= 0.3 is 0 Å². The Bertz CT molecular complexity index is 1010. The fourth-order valence-electron chi connectivity index (χ4n) is 2.60. The van der Waals surface area contributed by atoms with Gasteiger partial charge in [0.1, 0.15) is 16.5 Å². The summed E-state index contributed by atoms with van der Waals surface area (Å²) < 4.78 is 18.1. The maximum Gasteiger partial charge on any atom is 0.265 e. The van der Waals surface area contributed by atoms with Crippen LogP contribution in [0.15, 0.2) is 41.0 Å². The summed E-state index contributed by atoms with van der Waals surface area (Å²) in [5.74, 6) is 2.17. The van der Waals surface area contributed by atoms with E-state index in [0.717, 1.165) is 11.3 Å². The fraction of sp³-hybridized carbons (Fsp3) is 0.176. The Morgan fingerprint density at radius 3 is 2.96 bits per heavy atom. The second-order valence-corrected chi connectivity index (χ2v) is 7.26. The van der Waals surface area contributed by atoms with Gasteiger partial charge in [0.2, 0.25) is 6.79 Å². The molecule has 0 aliphatic carbocycles. The number of nitrogen functional groups attached to an aromatic ring is 1. The number of furan rings is 1. The molecule has 0 bridgehead atoms. The van der Waals surface area contributed by atoms with Gasteiger partial charge in [-0.05, 0) is 42.0 Å². The van der Waals surface area contributed by atoms with E-state index in [0.29, 0.717) is 39.2 Å². The number of nitrogens with two attached hydrogens (primary N) is 1. The highest BCUT2D eigenvalue weighted by Crippen LogP contribution is 2.32. The van der Waals surface area contributed by atoms with Crippen molar-refractivity contribution in [1.29, 1.82) is 0 Å². The van der Waals surface area contributed by atoms with Crippen molar-refractivity contribution >= 4 is 35.3 Å². The molecule has 1 aliphatic rings. The SMILES string of the molecule is Nc1c(C(=O)NCc2ccc3c(c2)OCO3)sc(=S)n1Cc1ccco1. The third-order valence-electron chi connectivity index (χ3n) is 3.92. The van der Waals surface area contributed by atoms with E-state index >= 15 is 0 Å². The monoisotopic (exact) mass is 389 g/mol. The molecule has 0 radical (unpaired) electrons. The molecule has 1 amide bonds. The van der Waals surface area contributed by atoms with E-state index in [4.69, 9.17) is 31.8 Å². The number of amides is 1. The van der Waals surface area contributed by atoms with E-state index in [1.54, 1.807) is 16.9 Å². The number of hydrogen-bond acceptors (Lipinski definition) is 7. The van der Waals surface area contributed by atoms with Crippen LogP contribution >= 0.6 is 23.6 Å². The second kappa shape index (κ2) is 6.85. The van der Waals surface area contributed by atoms with Gasteiger partial charge in [-0.2, -0.15) is 0 Å². The zero-order valence-corrected chi connectivity index (χ0v) is 15.2. The molecular formula is C17H15N3O4S2. The van der Waals surface area contributed by atoms with Crippen molar-refractivity contribution in [3.63, 3.8) is 0 Å². The molecular weight excluding hydrogens is 374 g/mol. The smallest absolute Gasteiger partial charge is 0.265 e. The van der Waals surface area contributed by atoms with E-state index < -0.39 is 0 Å². The number of nitrogens with zero attached hydrogens (tertiary/aromatic N) is 1. The summed E-state index contributed by atoms with van der Waals surface area (Å²) in [4.78, 5) is 12.9. The van der Waals surface area contributed by atoms with Gasteiger partial charge < -0.3 is 29.5 Å². The largest absolute Gasteiger partial charge is 0.467 e. The summed E-state index contributed by atoms with van der Waals surface area (Å²) in [6.45, 7) is 0.954. The minimum atomic E-state index is -0.269. The highest BCUT2D eigenvalue weighted by Gasteiger charge is 2.18. The van der Waals surface area contributed by atoms with Crippen molar-refractivity contribution < 1.29 is 18.7 Å². The van der Waals surface area contributed by atoms with Crippen molar-refractivity contribution in [3.8, 4) is 11.5 Å². The molecule has 7 nitrogen and oxygen atoms in total. The number of carbonyl (C=O) groups is 1. The van der Waals surface area contributed by atoms with E-state index in [1.807, 2.05) is 24.3 Å². The number of nitrogens with one attached hydrogen (secondary N) is 1. The Hall–Kier alpha value is -2.78. The van der Waals surface area contributed by atoms with Crippen LogP contribution in [0.1, 0.15) is 21.0 Å². The van der Waals surface area contributed by atoms with Gasteiger partial charge in [-0.3, -0.25) is 4.79 Å². The quantitative estimate of drug-likeness (QED) is 0.652. The van der Waals surface area contributed by atoms with Gasteiger partial charge in [0, 0.05) is 6.54 Å². The molecule has 0 spiro atoms. The number of fused-ring (bicyclic) bond motifs is 1. The Balaban J connectivity index is 1.47. The van der Waals surface area contributed by atoms with Crippen molar-refractivity contribution in [2.75, 3.05) is 12.5 Å². The molecule has 26 heavy (non-hydrogen) atoms. The fourth-order valence-corrected chi connectivity index (χ4v) is 3.84. The van der Waals surface area contributed by atoms with Crippen molar-refractivity contribution in [1.82, 2.24) is 9.88 Å².